The SMILES string of the molecule is CC#CCC(C)C(/C=C/[C@H]1[C@H](O[Si](C)(C)C(C)(C)C)CC(=O)[C@@H]1C/C(Br)=C/CCCC(=O)OC)O[Si](C)(C)C(C)(C)C. The first-order valence-corrected chi connectivity index (χ1v) is 22.2. The quantitative estimate of drug-likeness (QED) is 0.0600. The lowest BCUT2D eigenvalue weighted by Gasteiger charge is -2.40. The molecule has 1 aliphatic carbocycles. The van der Waals surface area contributed by atoms with Gasteiger partial charge in [0.05, 0.1) is 19.3 Å². The summed E-state index contributed by atoms with van der Waals surface area (Å²) < 4.78 is 19.6. The molecular weight excluding hydrogens is 624 g/mol. The summed E-state index contributed by atoms with van der Waals surface area (Å²) in [6.07, 6.45) is 9.96. The Hall–Kier alpha value is -0.986. The number of ketones is 1. The summed E-state index contributed by atoms with van der Waals surface area (Å²) in [5.74, 6) is 6.34. The number of hydrogen-bond donors (Lipinski definition) is 0. The van der Waals surface area contributed by atoms with Gasteiger partial charge in [0.1, 0.15) is 5.78 Å². The lowest BCUT2D eigenvalue weighted by atomic mass is 9.89. The first kappa shape index (κ1) is 39.0. The van der Waals surface area contributed by atoms with E-state index in [9.17, 15) is 9.59 Å². The summed E-state index contributed by atoms with van der Waals surface area (Å²) >= 11 is 3.74. The third-order valence-corrected chi connectivity index (χ3v) is 19.1. The average Bonchev–Trinajstić information content (AvgIpc) is 3.13. The lowest BCUT2D eigenvalue weighted by molar-refractivity contribution is -0.140. The number of methoxy groups -OCH3 is 1. The Morgan fingerprint density at radius 1 is 1.10 bits per heavy atom. The standard InChI is InChI=1S/C34H59BrO5Si2/c1-14-15-18-25(2)30(39-41(10,11)33(3,4)5)22-21-27-28(23-26(35)19-16-17-20-32(37)38-9)29(36)24-31(27)40-42(12,13)34(6,7)8/h19,21-22,25,27-28,30-31H,16-18,20,23-24H2,1-13H3/b22-21+,26-19-/t25?,27-,28-,30?,31-/m1/s1. The molecule has 42 heavy (non-hydrogen) atoms. The number of Topliss-reactive ketones (excluding diaryl/α,β-unsaturated/α-hetero) is 1. The van der Waals surface area contributed by atoms with E-state index >= 15 is 0 Å². The summed E-state index contributed by atoms with van der Waals surface area (Å²) in [5, 5.41) is 0.127. The first-order valence-electron chi connectivity index (χ1n) is 15.5. The largest absolute Gasteiger partial charge is 0.469 e. The number of allylic oxidation sites excluding steroid dienone is 2. The topological polar surface area (TPSA) is 61.8 Å². The number of hydrogen-bond acceptors (Lipinski definition) is 5. The molecule has 2 unspecified atom stereocenters. The zero-order valence-corrected chi connectivity index (χ0v) is 32.4. The van der Waals surface area contributed by atoms with Gasteiger partial charge in [-0.1, -0.05) is 82.6 Å². The van der Waals surface area contributed by atoms with E-state index in [1.54, 1.807) is 0 Å². The molecule has 0 aromatic heterocycles. The number of rotatable bonds is 14. The van der Waals surface area contributed by atoms with E-state index < -0.39 is 16.6 Å². The molecule has 0 amide bonds. The van der Waals surface area contributed by atoms with E-state index in [0.29, 0.717) is 25.7 Å². The van der Waals surface area contributed by atoms with Crippen LogP contribution in [0.15, 0.2) is 22.7 Å². The highest BCUT2D eigenvalue weighted by Crippen LogP contribution is 2.44. The average molecular weight is 684 g/mol. The molecule has 5 atom stereocenters. The Labute approximate surface area is 268 Å². The minimum Gasteiger partial charge on any atom is -0.469 e. The molecular formula is C34H59BrO5Si2. The molecule has 5 nitrogen and oxygen atoms in total. The molecule has 0 heterocycles. The maximum Gasteiger partial charge on any atom is 0.305 e. The summed E-state index contributed by atoms with van der Waals surface area (Å²) in [4.78, 5) is 25.0. The van der Waals surface area contributed by atoms with Crippen LogP contribution in [0.1, 0.15) is 93.9 Å². The van der Waals surface area contributed by atoms with Crippen LogP contribution in [0.4, 0.5) is 0 Å². The van der Waals surface area contributed by atoms with Crippen molar-refractivity contribution in [2.45, 2.75) is 142 Å². The van der Waals surface area contributed by atoms with Crippen molar-refractivity contribution >= 4 is 44.3 Å². The molecule has 1 saturated carbocycles. The van der Waals surface area contributed by atoms with Crippen LogP contribution in [0.3, 0.4) is 0 Å². The smallest absolute Gasteiger partial charge is 0.305 e. The van der Waals surface area contributed by atoms with Gasteiger partial charge in [0.15, 0.2) is 16.6 Å². The Bertz CT molecular complexity index is 1020. The van der Waals surface area contributed by atoms with Gasteiger partial charge in [-0.3, -0.25) is 9.59 Å². The van der Waals surface area contributed by atoms with Gasteiger partial charge >= 0.3 is 5.97 Å². The van der Waals surface area contributed by atoms with Gasteiger partial charge in [0.2, 0.25) is 0 Å². The molecule has 0 aliphatic heterocycles. The molecule has 1 rings (SSSR count). The van der Waals surface area contributed by atoms with Crippen LogP contribution >= 0.6 is 15.9 Å². The van der Waals surface area contributed by atoms with Gasteiger partial charge in [-0.2, -0.15) is 0 Å². The predicted molar refractivity (Wildman–Crippen MR) is 185 cm³/mol. The predicted octanol–water partition coefficient (Wildman–Crippen LogP) is 9.59. The van der Waals surface area contributed by atoms with Crippen molar-refractivity contribution < 1.29 is 23.2 Å². The van der Waals surface area contributed by atoms with Crippen LogP contribution in [0, 0.1) is 29.6 Å². The second kappa shape index (κ2) is 16.4. The Morgan fingerprint density at radius 3 is 2.21 bits per heavy atom. The van der Waals surface area contributed by atoms with Crippen LogP contribution in [-0.2, 0) is 23.2 Å². The molecule has 8 heteroatoms. The van der Waals surface area contributed by atoms with Crippen LogP contribution in [-0.4, -0.2) is 47.7 Å². The molecule has 0 saturated heterocycles. The van der Waals surface area contributed by atoms with E-state index in [1.165, 1.54) is 7.11 Å². The fraction of sp³-hybridized carbons (Fsp3) is 0.765. The van der Waals surface area contributed by atoms with Crippen molar-refractivity contribution in [1.82, 2.24) is 0 Å². The lowest BCUT2D eigenvalue weighted by Crippen LogP contribution is -2.45. The first-order chi connectivity index (χ1) is 19.2. The second-order valence-electron chi connectivity index (χ2n) is 14.9. The fourth-order valence-electron chi connectivity index (χ4n) is 4.52. The van der Waals surface area contributed by atoms with Crippen molar-refractivity contribution in [1.29, 1.82) is 0 Å². The molecule has 0 bridgehead atoms. The Kier molecular flexibility index (Phi) is 15.2. The molecule has 0 radical (unpaired) electrons. The minimum absolute atomic E-state index is 0.0439. The number of unbranched alkanes of at least 4 members (excludes halogenated alkanes) is 1. The molecule has 0 N–H and O–H groups in total. The maximum absolute atomic E-state index is 13.6. The van der Waals surface area contributed by atoms with Crippen LogP contribution in [0.2, 0.25) is 36.3 Å². The number of carbonyl (C=O) groups excluding carboxylic acids is 2. The third-order valence-electron chi connectivity index (χ3n) is 9.48. The van der Waals surface area contributed by atoms with Crippen LogP contribution in [0.25, 0.3) is 0 Å². The van der Waals surface area contributed by atoms with E-state index in [0.717, 1.165) is 17.3 Å². The van der Waals surface area contributed by atoms with Crippen molar-refractivity contribution in [3.63, 3.8) is 0 Å². The molecule has 1 fully saturated rings. The summed E-state index contributed by atoms with van der Waals surface area (Å²) in [5.41, 5.74) is 0. The fourth-order valence-corrected chi connectivity index (χ4v) is 7.80. The maximum atomic E-state index is 13.6. The van der Waals surface area contributed by atoms with Crippen molar-refractivity contribution in [2.75, 3.05) is 7.11 Å². The van der Waals surface area contributed by atoms with Gasteiger partial charge in [0.25, 0.3) is 0 Å². The highest BCUT2D eigenvalue weighted by atomic mass is 79.9. The highest BCUT2D eigenvalue weighted by Gasteiger charge is 2.47. The van der Waals surface area contributed by atoms with Gasteiger partial charge < -0.3 is 13.6 Å². The van der Waals surface area contributed by atoms with E-state index in [4.69, 9.17) is 13.6 Å². The Morgan fingerprint density at radius 2 is 1.69 bits per heavy atom. The highest BCUT2D eigenvalue weighted by molar-refractivity contribution is 9.11. The zero-order chi connectivity index (χ0) is 32.5. The summed E-state index contributed by atoms with van der Waals surface area (Å²) in [6, 6.07) is 0. The van der Waals surface area contributed by atoms with E-state index in [2.05, 4.69) is 121 Å². The van der Waals surface area contributed by atoms with Crippen LogP contribution in [0.5, 0.6) is 0 Å². The van der Waals surface area contributed by atoms with E-state index in [-0.39, 0.29) is 51.8 Å². The van der Waals surface area contributed by atoms with Crippen molar-refractivity contribution in [3.05, 3.63) is 22.7 Å². The Balaban J connectivity index is 3.40. The molecule has 0 aromatic rings. The normalized spacial score (nSPS) is 22.2. The molecule has 0 spiro atoms. The van der Waals surface area contributed by atoms with Gasteiger partial charge in [-0.05, 0) is 72.9 Å². The van der Waals surface area contributed by atoms with Crippen molar-refractivity contribution in [2.24, 2.45) is 17.8 Å². The molecule has 1 aliphatic rings. The molecule has 0 aromatic carbocycles. The number of halogens is 1. The number of ether oxygens (including phenoxy) is 1. The second-order valence-corrected chi connectivity index (χ2v) is 25.5. The van der Waals surface area contributed by atoms with Crippen LogP contribution < -0.4 is 0 Å². The minimum atomic E-state index is -2.11. The van der Waals surface area contributed by atoms with Gasteiger partial charge in [-0.25, -0.2) is 0 Å². The zero-order valence-electron chi connectivity index (χ0n) is 28.8. The van der Waals surface area contributed by atoms with Crippen molar-refractivity contribution in [3.8, 4) is 11.8 Å². The number of esters is 1. The summed E-state index contributed by atoms with van der Waals surface area (Å²) in [6.45, 7) is 26.7. The number of carbonyl (C=O) groups is 2. The van der Waals surface area contributed by atoms with Gasteiger partial charge in [0, 0.05) is 31.1 Å². The monoisotopic (exact) mass is 682 g/mol. The molecule has 240 valence electrons. The van der Waals surface area contributed by atoms with E-state index in [1.807, 2.05) is 6.92 Å². The van der Waals surface area contributed by atoms with Gasteiger partial charge in [-0.15, -0.1) is 11.8 Å². The summed E-state index contributed by atoms with van der Waals surface area (Å²) in [7, 11) is -2.75. The third kappa shape index (κ3) is 11.8.